The van der Waals surface area contributed by atoms with E-state index in [1.54, 1.807) is 18.2 Å². The van der Waals surface area contributed by atoms with Gasteiger partial charge in [-0.15, -0.1) is 0 Å². The fraction of sp³-hybridized carbons (Fsp3) is 0. The van der Waals surface area contributed by atoms with Crippen LogP contribution in [0.3, 0.4) is 0 Å². The van der Waals surface area contributed by atoms with E-state index >= 15 is 0 Å². The van der Waals surface area contributed by atoms with E-state index in [4.69, 9.17) is 8.83 Å². The number of hydrogen-bond donors (Lipinski definition) is 2. The molecule has 0 unspecified atom stereocenters. The lowest BCUT2D eigenvalue weighted by Gasteiger charge is -2.08. The van der Waals surface area contributed by atoms with Crippen molar-refractivity contribution in [2.75, 3.05) is 0 Å². The van der Waals surface area contributed by atoms with E-state index in [0.29, 0.717) is 11.0 Å². The summed E-state index contributed by atoms with van der Waals surface area (Å²) in [6.45, 7) is 0. The number of aromatic nitrogens is 1. The Kier molecular flexibility index (Phi) is 3.85. The number of hydrogen-bond acceptors (Lipinski definition) is 4. The second kappa shape index (κ2) is 7.01. The van der Waals surface area contributed by atoms with Crippen LogP contribution in [0.1, 0.15) is 0 Å². The number of benzene rings is 5. The molecule has 5 nitrogen and oxygen atoms in total. The summed E-state index contributed by atoms with van der Waals surface area (Å²) in [6, 6.07) is 32.2. The van der Waals surface area contributed by atoms with Crippen LogP contribution < -0.4 is 5.46 Å². The first kappa shape index (κ1) is 19.8. The van der Waals surface area contributed by atoms with E-state index in [0.717, 1.165) is 55.0 Å². The molecule has 8 aromatic rings. The molecule has 0 bridgehead atoms. The van der Waals surface area contributed by atoms with Gasteiger partial charge in [-0.2, -0.15) is 0 Å². The smallest absolute Gasteiger partial charge is 0.456 e. The molecule has 0 aliphatic rings. The third kappa shape index (κ3) is 2.57. The molecule has 8 rings (SSSR count). The first-order chi connectivity index (χ1) is 17.7. The van der Waals surface area contributed by atoms with Crippen LogP contribution in [-0.4, -0.2) is 21.7 Å². The molecule has 170 valence electrons. The van der Waals surface area contributed by atoms with Crippen LogP contribution in [-0.2, 0) is 0 Å². The highest BCUT2D eigenvalue weighted by atomic mass is 16.4. The van der Waals surface area contributed by atoms with E-state index in [9.17, 15) is 10.0 Å². The van der Waals surface area contributed by atoms with Crippen molar-refractivity contribution in [1.29, 1.82) is 0 Å². The van der Waals surface area contributed by atoms with Crippen LogP contribution >= 0.6 is 0 Å². The Labute approximate surface area is 204 Å². The van der Waals surface area contributed by atoms with Crippen molar-refractivity contribution >= 4 is 78.3 Å². The maximum absolute atomic E-state index is 9.76. The van der Waals surface area contributed by atoms with Crippen LogP contribution in [0.5, 0.6) is 0 Å². The van der Waals surface area contributed by atoms with Gasteiger partial charge >= 0.3 is 7.12 Å². The molecule has 0 saturated carbocycles. The van der Waals surface area contributed by atoms with Gasteiger partial charge in [0.05, 0.1) is 11.0 Å². The maximum Gasteiger partial charge on any atom is 0.488 e. The molecule has 3 heterocycles. The fourth-order valence-corrected chi connectivity index (χ4v) is 5.64. The molecule has 2 N–H and O–H groups in total. The minimum Gasteiger partial charge on any atom is -0.456 e. The summed E-state index contributed by atoms with van der Waals surface area (Å²) in [6.07, 6.45) is 0. The van der Waals surface area contributed by atoms with Crippen LogP contribution in [0, 0.1) is 0 Å². The molecule has 36 heavy (non-hydrogen) atoms. The molecule has 0 atom stereocenters. The average Bonchev–Trinajstić information content (AvgIpc) is 3.56. The number of rotatable bonds is 2. The zero-order valence-corrected chi connectivity index (χ0v) is 19.0. The SMILES string of the molecule is OB(O)c1ccc2oc3ccc4oc5ccc(-n6c7ccccc7c7ccccc76)cc5c4c3c2c1. The number of nitrogens with zero attached hydrogens (tertiary/aromatic N) is 1. The van der Waals surface area contributed by atoms with Gasteiger partial charge in [0, 0.05) is 38.0 Å². The highest BCUT2D eigenvalue weighted by Gasteiger charge is 2.20. The van der Waals surface area contributed by atoms with Gasteiger partial charge in [0.2, 0.25) is 0 Å². The first-order valence-electron chi connectivity index (χ1n) is 11.8. The van der Waals surface area contributed by atoms with Crippen LogP contribution in [0.2, 0.25) is 0 Å². The molecule has 0 aliphatic heterocycles. The van der Waals surface area contributed by atoms with Crippen LogP contribution in [0.15, 0.2) is 106 Å². The fourth-order valence-electron chi connectivity index (χ4n) is 5.64. The highest BCUT2D eigenvalue weighted by molar-refractivity contribution is 6.59. The lowest BCUT2D eigenvalue weighted by atomic mass is 9.80. The molecule has 0 aliphatic carbocycles. The standard InChI is InChI=1S/C30H18BNO4/c33-31(34)17-9-11-25-21(15-17)29-27(35-25)13-14-28-30(29)22-16-18(10-12-26(22)36-28)32-23-7-3-1-5-19(23)20-6-2-4-8-24(20)32/h1-16,33-34H. The van der Waals surface area contributed by atoms with Crippen molar-refractivity contribution in [3.05, 3.63) is 97.1 Å². The van der Waals surface area contributed by atoms with Crippen molar-refractivity contribution < 1.29 is 18.9 Å². The van der Waals surface area contributed by atoms with E-state index in [1.165, 1.54) is 10.8 Å². The third-order valence-corrected chi connectivity index (χ3v) is 7.21. The maximum atomic E-state index is 9.76. The van der Waals surface area contributed by atoms with E-state index < -0.39 is 7.12 Å². The van der Waals surface area contributed by atoms with Gasteiger partial charge in [0.1, 0.15) is 22.3 Å². The summed E-state index contributed by atoms with van der Waals surface area (Å²) in [4.78, 5) is 0. The minimum absolute atomic E-state index is 0.418. The van der Waals surface area contributed by atoms with Gasteiger partial charge in [-0.3, -0.25) is 0 Å². The summed E-state index contributed by atoms with van der Waals surface area (Å²) >= 11 is 0. The van der Waals surface area contributed by atoms with Crippen molar-refractivity contribution in [3.8, 4) is 5.69 Å². The van der Waals surface area contributed by atoms with Gasteiger partial charge < -0.3 is 23.4 Å². The molecule has 0 fully saturated rings. The lowest BCUT2D eigenvalue weighted by molar-refractivity contribution is 0.426. The Balaban J connectivity index is 1.50. The molecule has 0 spiro atoms. The second-order valence-corrected chi connectivity index (χ2v) is 9.20. The topological polar surface area (TPSA) is 71.7 Å². The molecular formula is C30H18BNO4. The first-order valence-corrected chi connectivity index (χ1v) is 11.8. The van der Waals surface area contributed by atoms with Gasteiger partial charge in [0.25, 0.3) is 0 Å². The zero-order valence-electron chi connectivity index (χ0n) is 19.0. The normalized spacial score (nSPS) is 12.2. The molecule has 6 heteroatoms. The van der Waals surface area contributed by atoms with Crippen molar-refractivity contribution in [2.45, 2.75) is 0 Å². The van der Waals surface area contributed by atoms with Gasteiger partial charge in [-0.25, -0.2) is 0 Å². The second-order valence-electron chi connectivity index (χ2n) is 9.20. The van der Waals surface area contributed by atoms with Gasteiger partial charge in [-0.1, -0.05) is 48.5 Å². The minimum atomic E-state index is -1.55. The third-order valence-electron chi connectivity index (χ3n) is 7.21. The molecule has 0 amide bonds. The van der Waals surface area contributed by atoms with E-state index in [-0.39, 0.29) is 0 Å². The summed E-state index contributed by atoms with van der Waals surface area (Å²) in [7, 11) is -1.55. The van der Waals surface area contributed by atoms with E-state index in [1.807, 2.05) is 18.2 Å². The Morgan fingerprint density at radius 3 is 1.67 bits per heavy atom. The number of furan rings is 2. The molecule has 3 aromatic heterocycles. The van der Waals surface area contributed by atoms with Gasteiger partial charge in [-0.05, 0) is 54.0 Å². The quantitative estimate of drug-likeness (QED) is 0.295. The molecular weight excluding hydrogens is 449 g/mol. The van der Waals surface area contributed by atoms with Crippen molar-refractivity contribution in [2.24, 2.45) is 0 Å². The summed E-state index contributed by atoms with van der Waals surface area (Å²) in [5, 5.41) is 25.6. The Bertz CT molecular complexity index is 2090. The zero-order chi connectivity index (χ0) is 24.0. The van der Waals surface area contributed by atoms with Crippen molar-refractivity contribution in [1.82, 2.24) is 4.57 Å². The van der Waals surface area contributed by atoms with Crippen LogP contribution in [0.4, 0.5) is 0 Å². The lowest BCUT2D eigenvalue weighted by Crippen LogP contribution is -2.29. The molecule has 0 saturated heterocycles. The van der Waals surface area contributed by atoms with Crippen LogP contribution in [0.25, 0.3) is 71.4 Å². The summed E-state index contributed by atoms with van der Waals surface area (Å²) in [5.41, 5.74) is 6.71. The summed E-state index contributed by atoms with van der Waals surface area (Å²) in [5.74, 6) is 0. The monoisotopic (exact) mass is 467 g/mol. The number of fused-ring (bicyclic) bond motifs is 10. The predicted molar refractivity (Wildman–Crippen MR) is 145 cm³/mol. The van der Waals surface area contributed by atoms with E-state index in [2.05, 4.69) is 65.2 Å². The Morgan fingerprint density at radius 2 is 1.06 bits per heavy atom. The highest BCUT2D eigenvalue weighted by Crippen LogP contribution is 2.41. The van der Waals surface area contributed by atoms with Gasteiger partial charge in [0.15, 0.2) is 0 Å². The molecule has 0 radical (unpaired) electrons. The Hall–Kier alpha value is -4.52. The predicted octanol–water partition coefficient (Wildman–Crippen LogP) is 6.26. The molecule has 5 aromatic carbocycles. The van der Waals surface area contributed by atoms with Crippen molar-refractivity contribution in [3.63, 3.8) is 0 Å². The largest absolute Gasteiger partial charge is 0.488 e. The average molecular weight is 467 g/mol. The Morgan fingerprint density at radius 1 is 0.528 bits per heavy atom. The number of para-hydroxylation sites is 2. The summed E-state index contributed by atoms with van der Waals surface area (Å²) < 4.78 is 14.7.